The van der Waals surface area contributed by atoms with Crippen LogP contribution in [0, 0.1) is 11.8 Å². The Morgan fingerprint density at radius 1 is 1.43 bits per heavy atom. The molecule has 1 aromatic rings. The summed E-state index contributed by atoms with van der Waals surface area (Å²) in [5, 5.41) is 10.7. The van der Waals surface area contributed by atoms with Gasteiger partial charge < -0.3 is 10.4 Å². The van der Waals surface area contributed by atoms with E-state index in [-0.39, 0.29) is 30.0 Å². The molecule has 2 rings (SSSR count). The zero-order valence-corrected chi connectivity index (χ0v) is 11.5. The van der Waals surface area contributed by atoms with Crippen LogP contribution >= 0.6 is 11.6 Å². The number of alkyl halides is 3. The highest BCUT2D eigenvalue weighted by atomic mass is 35.5. The molecule has 3 nitrogen and oxygen atoms in total. The summed E-state index contributed by atoms with van der Waals surface area (Å²) >= 11 is 5.90. The summed E-state index contributed by atoms with van der Waals surface area (Å²) in [5.74, 6) is 4.14. The molecule has 0 aliphatic heterocycles. The lowest BCUT2D eigenvalue weighted by atomic mass is 10.1. The maximum atomic E-state index is 12.8. The lowest BCUT2D eigenvalue weighted by molar-refractivity contribution is -0.163. The molecule has 1 aromatic carbocycles. The van der Waals surface area contributed by atoms with Gasteiger partial charge in [-0.3, -0.25) is 4.79 Å². The molecule has 1 amide bonds. The minimum atomic E-state index is -4.46. The molecule has 0 aromatic heterocycles. The molecule has 112 valence electrons. The van der Waals surface area contributed by atoms with Gasteiger partial charge in [0.2, 0.25) is 0 Å². The van der Waals surface area contributed by atoms with Gasteiger partial charge in [0.1, 0.15) is 12.1 Å². The lowest BCUT2D eigenvalue weighted by Crippen LogP contribution is -2.47. The van der Waals surface area contributed by atoms with E-state index in [1.54, 1.807) is 0 Å². The Bertz CT molecular complexity index is 627. The van der Waals surface area contributed by atoms with Crippen molar-refractivity contribution in [2.24, 2.45) is 0 Å². The van der Waals surface area contributed by atoms with Gasteiger partial charge in [0.15, 0.2) is 0 Å². The number of carbonyl (C=O) groups is 1. The number of carbonyl (C=O) groups excluding carboxylic acids is 1. The van der Waals surface area contributed by atoms with Crippen LogP contribution in [0.2, 0.25) is 5.02 Å². The van der Waals surface area contributed by atoms with E-state index in [9.17, 15) is 18.0 Å². The third-order valence-electron chi connectivity index (χ3n) is 3.18. The highest BCUT2D eigenvalue weighted by molar-refractivity contribution is 6.32. The Morgan fingerprint density at radius 3 is 2.57 bits per heavy atom. The predicted octanol–water partition coefficient (Wildman–Crippen LogP) is 2.51. The number of nitrogens with one attached hydrogen (secondary N) is 1. The molecule has 0 bridgehead atoms. The van der Waals surface area contributed by atoms with Gasteiger partial charge in [-0.15, -0.1) is 0 Å². The van der Waals surface area contributed by atoms with E-state index in [0.717, 1.165) is 0 Å². The first-order chi connectivity index (χ1) is 9.79. The molecule has 0 saturated heterocycles. The van der Waals surface area contributed by atoms with E-state index >= 15 is 0 Å². The minimum absolute atomic E-state index is 0.0325. The van der Waals surface area contributed by atoms with Crippen molar-refractivity contribution in [1.29, 1.82) is 0 Å². The third kappa shape index (κ3) is 3.31. The van der Waals surface area contributed by atoms with Crippen LogP contribution in [0.5, 0.6) is 0 Å². The molecule has 21 heavy (non-hydrogen) atoms. The van der Waals surface area contributed by atoms with Crippen molar-refractivity contribution in [1.82, 2.24) is 5.32 Å². The number of aliphatic hydroxyl groups is 1. The molecule has 1 aliphatic rings. The van der Waals surface area contributed by atoms with Gasteiger partial charge in [-0.25, -0.2) is 0 Å². The summed E-state index contributed by atoms with van der Waals surface area (Å²) in [6.07, 6.45) is -4.69. The molecule has 2 N–H and O–H groups in total. The Kier molecular flexibility index (Phi) is 4.17. The van der Waals surface area contributed by atoms with Crippen LogP contribution in [-0.4, -0.2) is 29.3 Å². The first-order valence-corrected chi connectivity index (χ1v) is 6.45. The standard InChI is InChI=1S/C14H11ClF3NO2/c15-11-8-10(4-3-9(11)2-1-7-20)12(21)19-13(5-6-13)14(16,17)18/h3-4,8,20H,5-7H2,(H,19,21). The number of hydrogen-bond donors (Lipinski definition) is 2. The summed E-state index contributed by atoms with van der Waals surface area (Å²) < 4.78 is 38.3. The van der Waals surface area contributed by atoms with Crippen molar-refractivity contribution in [3.63, 3.8) is 0 Å². The summed E-state index contributed by atoms with van der Waals surface area (Å²) in [7, 11) is 0. The predicted molar refractivity (Wildman–Crippen MR) is 70.9 cm³/mol. The molecule has 1 saturated carbocycles. The summed E-state index contributed by atoms with van der Waals surface area (Å²) in [6.45, 7) is -0.341. The zero-order chi connectivity index (χ0) is 15.7. The first kappa shape index (κ1) is 15.7. The molecule has 7 heteroatoms. The van der Waals surface area contributed by atoms with Crippen LogP contribution in [-0.2, 0) is 0 Å². The van der Waals surface area contributed by atoms with E-state index in [4.69, 9.17) is 16.7 Å². The van der Waals surface area contributed by atoms with Crippen LogP contribution in [0.3, 0.4) is 0 Å². The maximum absolute atomic E-state index is 12.8. The number of amides is 1. The summed E-state index contributed by atoms with van der Waals surface area (Å²) in [6, 6.07) is 4.02. The van der Waals surface area contributed by atoms with Crippen molar-refractivity contribution in [2.75, 3.05) is 6.61 Å². The molecule has 1 fully saturated rings. The fraction of sp³-hybridized carbons (Fsp3) is 0.357. The average Bonchev–Trinajstić information content (AvgIpc) is 3.17. The largest absolute Gasteiger partial charge is 0.411 e. The quantitative estimate of drug-likeness (QED) is 0.824. The number of hydrogen-bond acceptors (Lipinski definition) is 2. The van der Waals surface area contributed by atoms with Crippen molar-refractivity contribution in [3.05, 3.63) is 34.3 Å². The number of rotatable bonds is 2. The van der Waals surface area contributed by atoms with Crippen LogP contribution in [0.15, 0.2) is 18.2 Å². The molecule has 0 radical (unpaired) electrons. The Morgan fingerprint density at radius 2 is 2.10 bits per heavy atom. The topological polar surface area (TPSA) is 49.3 Å². The smallest absolute Gasteiger partial charge is 0.384 e. The summed E-state index contributed by atoms with van der Waals surface area (Å²) in [4.78, 5) is 11.9. The van der Waals surface area contributed by atoms with Gasteiger partial charge in [-0.1, -0.05) is 23.4 Å². The third-order valence-corrected chi connectivity index (χ3v) is 3.49. The van der Waals surface area contributed by atoms with Gasteiger partial charge >= 0.3 is 6.18 Å². The second-order valence-electron chi connectivity index (χ2n) is 4.69. The van der Waals surface area contributed by atoms with Crippen molar-refractivity contribution >= 4 is 17.5 Å². The normalized spacial score (nSPS) is 15.9. The lowest BCUT2D eigenvalue weighted by Gasteiger charge is -2.20. The molecular formula is C14H11ClF3NO2. The molecule has 1 aliphatic carbocycles. The maximum Gasteiger partial charge on any atom is 0.411 e. The van der Waals surface area contributed by atoms with Crippen LogP contribution in [0.1, 0.15) is 28.8 Å². The fourth-order valence-electron chi connectivity index (χ4n) is 1.79. The van der Waals surface area contributed by atoms with Crippen molar-refractivity contribution in [3.8, 4) is 11.8 Å². The molecule has 0 spiro atoms. The van der Waals surface area contributed by atoms with Gasteiger partial charge in [0.25, 0.3) is 5.91 Å². The Balaban J connectivity index is 2.16. The number of aliphatic hydroxyl groups excluding tert-OH is 1. The van der Waals surface area contributed by atoms with Gasteiger partial charge in [-0.2, -0.15) is 13.2 Å². The van der Waals surface area contributed by atoms with E-state index in [1.807, 2.05) is 5.32 Å². The van der Waals surface area contributed by atoms with Gasteiger partial charge in [0.05, 0.1) is 5.02 Å². The number of benzene rings is 1. The van der Waals surface area contributed by atoms with Gasteiger partial charge in [-0.05, 0) is 31.0 Å². The number of halogens is 4. The van der Waals surface area contributed by atoms with Crippen molar-refractivity contribution in [2.45, 2.75) is 24.6 Å². The SMILES string of the molecule is O=C(NC1(C(F)(F)F)CC1)c1ccc(C#CCO)c(Cl)c1. The minimum Gasteiger partial charge on any atom is -0.384 e. The molecule has 0 atom stereocenters. The second-order valence-corrected chi connectivity index (χ2v) is 5.10. The first-order valence-electron chi connectivity index (χ1n) is 6.07. The monoisotopic (exact) mass is 317 g/mol. The Labute approximate surface area is 124 Å². The molecule has 0 heterocycles. The van der Waals surface area contributed by atoms with Gasteiger partial charge in [0, 0.05) is 11.1 Å². The zero-order valence-electron chi connectivity index (χ0n) is 10.7. The fourth-order valence-corrected chi connectivity index (χ4v) is 2.01. The molecule has 0 unspecified atom stereocenters. The second kappa shape index (κ2) is 5.58. The van der Waals surface area contributed by atoms with E-state index in [2.05, 4.69) is 11.8 Å². The molecular weight excluding hydrogens is 307 g/mol. The van der Waals surface area contributed by atoms with E-state index in [1.165, 1.54) is 18.2 Å². The summed E-state index contributed by atoms with van der Waals surface area (Å²) in [5.41, 5.74) is -1.68. The Hall–Kier alpha value is -1.71. The van der Waals surface area contributed by atoms with Crippen LogP contribution < -0.4 is 5.32 Å². The van der Waals surface area contributed by atoms with Crippen LogP contribution in [0.25, 0.3) is 0 Å². The highest BCUT2D eigenvalue weighted by Gasteiger charge is 2.64. The van der Waals surface area contributed by atoms with Crippen molar-refractivity contribution < 1.29 is 23.1 Å². The van der Waals surface area contributed by atoms with Crippen LogP contribution in [0.4, 0.5) is 13.2 Å². The van der Waals surface area contributed by atoms with E-state index < -0.39 is 17.6 Å². The average molecular weight is 318 g/mol. The van der Waals surface area contributed by atoms with E-state index in [0.29, 0.717) is 5.56 Å². The highest BCUT2D eigenvalue weighted by Crippen LogP contribution is 2.49.